The number of nitrogens with one attached hydrogen (secondary N) is 2. The molecule has 1 aliphatic carbocycles. The maximum Gasteiger partial charge on any atom is 0.315 e. The highest BCUT2D eigenvalue weighted by molar-refractivity contribution is 5.83. The monoisotopic (exact) mass is 332 g/mol. The minimum absolute atomic E-state index is 0.0251. The number of carbonyl (C=O) groups excluding carboxylic acids is 2. The molecule has 1 fully saturated rings. The molecule has 6 heteroatoms. The second-order valence-corrected chi connectivity index (χ2v) is 6.40. The SMILES string of the molecule is CN(CCc1ccccn1)C(=O)CNC(=O)NC1CCCCCC1. The van der Waals surface area contributed by atoms with E-state index < -0.39 is 0 Å². The highest BCUT2D eigenvalue weighted by Gasteiger charge is 2.16. The number of nitrogens with zero attached hydrogens (tertiary/aromatic N) is 2. The number of hydrogen-bond acceptors (Lipinski definition) is 3. The van der Waals surface area contributed by atoms with Crippen LogP contribution in [-0.4, -0.2) is 48.0 Å². The van der Waals surface area contributed by atoms with Crippen molar-refractivity contribution in [3.05, 3.63) is 30.1 Å². The number of amides is 3. The third-order valence-electron chi connectivity index (χ3n) is 4.45. The molecule has 0 radical (unpaired) electrons. The van der Waals surface area contributed by atoms with Gasteiger partial charge in [-0.15, -0.1) is 0 Å². The number of likely N-dealkylation sites (N-methyl/N-ethyl adjacent to an activating group) is 1. The molecule has 132 valence electrons. The first kappa shape index (κ1) is 18.2. The van der Waals surface area contributed by atoms with Gasteiger partial charge in [-0.25, -0.2) is 4.79 Å². The first-order valence-corrected chi connectivity index (χ1v) is 8.83. The van der Waals surface area contributed by atoms with Crippen molar-refractivity contribution in [2.45, 2.75) is 51.0 Å². The predicted octanol–water partition coefficient (Wildman–Crippen LogP) is 2.10. The van der Waals surface area contributed by atoms with E-state index in [0.717, 1.165) is 18.5 Å². The lowest BCUT2D eigenvalue weighted by Crippen LogP contribution is -2.46. The molecule has 24 heavy (non-hydrogen) atoms. The summed E-state index contributed by atoms with van der Waals surface area (Å²) in [6, 6.07) is 5.74. The quantitative estimate of drug-likeness (QED) is 0.784. The Morgan fingerprint density at radius 2 is 1.96 bits per heavy atom. The Bertz CT molecular complexity index is 513. The number of pyridine rings is 1. The van der Waals surface area contributed by atoms with Crippen LogP contribution in [0.2, 0.25) is 0 Å². The van der Waals surface area contributed by atoms with E-state index in [2.05, 4.69) is 15.6 Å². The molecular weight excluding hydrogens is 304 g/mol. The summed E-state index contributed by atoms with van der Waals surface area (Å²) in [7, 11) is 1.75. The van der Waals surface area contributed by atoms with Gasteiger partial charge >= 0.3 is 6.03 Å². The molecule has 0 aliphatic heterocycles. The fourth-order valence-corrected chi connectivity index (χ4v) is 2.90. The molecule has 1 heterocycles. The van der Waals surface area contributed by atoms with Gasteiger partial charge < -0.3 is 15.5 Å². The van der Waals surface area contributed by atoms with E-state index >= 15 is 0 Å². The summed E-state index contributed by atoms with van der Waals surface area (Å²) >= 11 is 0. The van der Waals surface area contributed by atoms with Crippen LogP contribution in [-0.2, 0) is 11.2 Å². The van der Waals surface area contributed by atoms with Crippen molar-refractivity contribution < 1.29 is 9.59 Å². The fraction of sp³-hybridized carbons (Fsp3) is 0.611. The van der Waals surface area contributed by atoms with Crippen LogP contribution in [0.5, 0.6) is 0 Å². The summed E-state index contributed by atoms with van der Waals surface area (Å²) < 4.78 is 0. The summed E-state index contributed by atoms with van der Waals surface area (Å²) in [6.07, 6.45) is 9.35. The predicted molar refractivity (Wildman–Crippen MR) is 93.6 cm³/mol. The highest BCUT2D eigenvalue weighted by Crippen LogP contribution is 2.16. The molecular formula is C18H28N4O2. The standard InChI is InChI=1S/C18H28N4O2/c1-22(13-11-15-8-6-7-12-19-15)17(23)14-20-18(24)21-16-9-4-2-3-5-10-16/h6-8,12,16H,2-5,9-11,13-14H2,1H3,(H2,20,21,24). The van der Waals surface area contributed by atoms with Crippen molar-refractivity contribution in [3.63, 3.8) is 0 Å². The molecule has 1 saturated carbocycles. The van der Waals surface area contributed by atoms with Crippen molar-refractivity contribution in [2.75, 3.05) is 20.1 Å². The van der Waals surface area contributed by atoms with E-state index in [1.165, 1.54) is 25.7 Å². The minimum Gasteiger partial charge on any atom is -0.344 e. The molecule has 6 nitrogen and oxygen atoms in total. The van der Waals surface area contributed by atoms with Crippen molar-refractivity contribution in [1.29, 1.82) is 0 Å². The van der Waals surface area contributed by atoms with Crippen LogP contribution in [0.15, 0.2) is 24.4 Å². The van der Waals surface area contributed by atoms with E-state index in [4.69, 9.17) is 0 Å². The zero-order valence-corrected chi connectivity index (χ0v) is 14.5. The van der Waals surface area contributed by atoms with Gasteiger partial charge in [0.2, 0.25) is 5.91 Å². The second-order valence-electron chi connectivity index (χ2n) is 6.40. The van der Waals surface area contributed by atoms with Crippen LogP contribution in [0.25, 0.3) is 0 Å². The molecule has 2 rings (SSSR count). The number of rotatable bonds is 6. The van der Waals surface area contributed by atoms with Gasteiger partial charge in [0.25, 0.3) is 0 Å². The minimum atomic E-state index is -0.242. The van der Waals surface area contributed by atoms with Crippen LogP contribution >= 0.6 is 0 Å². The summed E-state index contributed by atoms with van der Waals surface area (Å²) in [5.74, 6) is -0.0954. The largest absolute Gasteiger partial charge is 0.344 e. The Morgan fingerprint density at radius 1 is 1.21 bits per heavy atom. The molecule has 0 aromatic carbocycles. The fourth-order valence-electron chi connectivity index (χ4n) is 2.90. The third-order valence-corrected chi connectivity index (χ3v) is 4.45. The number of urea groups is 1. The Balaban J connectivity index is 1.64. The van der Waals surface area contributed by atoms with Gasteiger partial charge in [0.15, 0.2) is 0 Å². The maximum atomic E-state index is 12.1. The molecule has 3 amide bonds. The molecule has 0 bridgehead atoms. The van der Waals surface area contributed by atoms with E-state index in [0.29, 0.717) is 13.0 Å². The summed E-state index contributed by atoms with van der Waals surface area (Å²) in [5, 5.41) is 5.65. The average Bonchev–Trinajstić information content (AvgIpc) is 2.87. The van der Waals surface area contributed by atoms with Crippen LogP contribution < -0.4 is 10.6 Å². The molecule has 1 aliphatic rings. The zero-order valence-electron chi connectivity index (χ0n) is 14.5. The number of carbonyl (C=O) groups is 2. The molecule has 2 N–H and O–H groups in total. The molecule has 0 unspecified atom stereocenters. The molecule has 0 atom stereocenters. The van der Waals surface area contributed by atoms with E-state index in [-0.39, 0.29) is 24.5 Å². The lowest BCUT2D eigenvalue weighted by Gasteiger charge is -2.19. The van der Waals surface area contributed by atoms with Crippen LogP contribution in [0.4, 0.5) is 4.79 Å². The molecule has 1 aromatic rings. The Hall–Kier alpha value is -2.11. The smallest absolute Gasteiger partial charge is 0.315 e. The molecule has 0 spiro atoms. The lowest BCUT2D eigenvalue weighted by molar-refractivity contribution is -0.128. The Labute approximate surface area is 144 Å². The zero-order chi connectivity index (χ0) is 17.2. The average molecular weight is 332 g/mol. The first-order chi connectivity index (χ1) is 11.6. The van der Waals surface area contributed by atoms with Crippen molar-refractivity contribution in [3.8, 4) is 0 Å². The van der Waals surface area contributed by atoms with Crippen LogP contribution in [0, 0.1) is 0 Å². The molecule has 0 saturated heterocycles. The maximum absolute atomic E-state index is 12.1. The van der Waals surface area contributed by atoms with Crippen LogP contribution in [0.3, 0.4) is 0 Å². The highest BCUT2D eigenvalue weighted by atomic mass is 16.2. The van der Waals surface area contributed by atoms with Gasteiger partial charge in [-0.1, -0.05) is 31.7 Å². The van der Waals surface area contributed by atoms with E-state index in [1.54, 1.807) is 18.1 Å². The Kier molecular flexibility index (Phi) is 7.52. The molecule has 1 aromatic heterocycles. The van der Waals surface area contributed by atoms with Gasteiger partial charge in [0.1, 0.15) is 0 Å². The van der Waals surface area contributed by atoms with E-state index in [9.17, 15) is 9.59 Å². The summed E-state index contributed by atoms with van der Waals surface area (Å²) in [6.45, 7) is 0.610. The van der Waals surface area contributed by atoms with E-state index in [1.807, 2.05) is 18.2 Å². The second kappa shape index (κ2) is 9.90. The number of hydrogen-bond donors (Lipinski definition) is 2. The van der Waals surface area contributed by atoms with Crippen molar-refractivity contribution >= 4 is 11.9 Å². The van der Waals surface area contributed by atoms with Gasteiger partial charge in [-0.2, -0.15) is 0 Å². The topological polar surface area (TPSA) is 74.3 Å². The summed E-state index contributed by atoms with van der Waals surface area (Å²) in [5.41, 5.74) is 0.955. The Morgan fingerprint density at radius 3 is 2.62 bits per heavy atom. The summed E-state index contributed by atoms with van der Waals surface area (Å²) in [4.78, 5) is 29.9. The van der Waals surface area contributed by atoms with Crippen LogP contribution in [0.1, 0.15) is 44.2 Å². The van der Waals surface area contributed by atoms with Gasteiger partial charge in [-0.05, 0) is 25.0 Å². The van der Waals surface area contributed by atoms with Crippen molar-refractivity contribution in [2.24, 2.45) is 0 Å². The first-order valence-electron chi connectivity index (χ1n) is 8.83. The van der Waals surface area contributed by atoms with Gasteiger partial charge in [-0.3, -0.25) is 9.78 Å². The van der Waals surface area contributed by atoms with Gasteiger partial charge in [0.05, 0.1) is 6.54 Å². The number of aromatic nitrogens is 1. The normalized spacial score (nSPS) is 15.4. The van der Waals surface area contributed by atoms with Crippen molar-refractivity contribution in [1.82, 2.24) is 20.5 Å². The third kappa shape index (κ3) is 6.56. The lowest BCUT2D eigenvalue weighted by atomic mass is 10.1. The van der Waals surface area contributed by atoms with Gasteiger partial charge in [0, 0.05) is 37.9 Å².